The van der Waals surface area contributed by atoms with Gasteiger partial charge in [0.25, 0.3) is 0 Å². The molecule has 0 aromatic carbocycles. The summed E-state index contributed by atoms with van der Waals surface area (Å²) in [7, 11) is 0. The van der Waals surface area contributed by atoms with E-state index in [1.807, 2.05) is 0 Å². The van der Waals surface area contributed by atoms with Crippen molar-refractivity contribution in [3.8, 4) is 0 Å². The van der Waals surface area contributed by atoms with Crippen molar-refractivity contribution in [2.75, 3.05) is 13.1 Å². The number of carbonyl (C=O) groups is 3. The number of carboxylic acids is 1. The Bertz CT molecular complexity index is 403. The Hall–Kier alpha value is -1.79. The molecule has 21 heavy (non-hydrogen) atoms. The Labute approximate surface area is 124 Å². The predicted octanol–water partition coefficient (Wildman–Crippen LogP) is 1.37. The molecule has 0 aromatic rings. The number of nitrogens with one attached hydrogen (secondary N) is 1. The number of hydrogen-bond acceptors (Lipinski definition) is 4. The van der Waals surface area contributed by atoms with E-state index in [1.54, 1.807) is 25.7 Å². The Morgan fingerprint density at radius 1 is 1.38 bits per heavy atom. The molecule has 1 rings (SSSR count). The van der Waals surface area contributed by atoms with Crippen LogP contribution >= 0.6 is 0 Å². The molecule has 2 N–H and O–H groups in total. The van der Waals surface area contributed by atoms with Crippen molar-refractivity contribution in [2.24, 2.45) is 0 Å². The summed E-state index contributed by atoms with van der Waals surface area (Å²) < 4.78 is 5.12. The van der Waals surface area contributed by atoms with Gasteiger partial charge in [0.05, 0.1) is 12.5 Å². The maximum atomic E-state index is 11.8. The monoisotopic (exact) mass is 300 g/mol. The van der Waals surface area contributed by atoms with Crippen LogP contribution in [0.5, 0.6) is 0 Å². The molecule has 1 saturated heterocycles. The smallest absolute Gasteiger partial charge is 0.407 e. The van der Waals surface area contributed by atoms with Crippen molar-refractivity contribution in [1.82, 2.24) is 10.2 Å². The number of carboxylic acid groups (broad SMARTS) is 1. The van der Waals surface area contributed by atoms with Gasteiger partial charge < -0.3 is 20.1 Å². The van der Waals surface area contributed by atoms with Crippen LogP contribution in [-0.2, 0) is 14.3 Å². The molecule has 1 aliphatic rings. The summed E-state index contributed by atoms with van der Waals surface area (Å²) in [6.07, 6.45) is 1.32. The fourth-order valence-corrected chi connectivity index (χ4v) is 2.17. The van der Waals surface area contributed by atoms with Crippen LogP contribution in [-0.4, -0.2) is 52.7 Å². The number of aliphatic carboxylic acids is 1. The third-order valence-electron chi connectivity index (χ3n) is 3.00. The summed E-state index contributed by atoms with van der Waals surface area (Å²) in [5.74, 6) is -1.02. The third kappa shape index (κ3) is 6.97. The molecule has 0 bridgehead atoms. The van der Waals surface area contributed by atoms with E-state index < -0.39 is 23.7 Å². The molecule has 7 heteroatoms. The van der Waals surface area contributed by atoms with Crippen LogP contribution in [0.4, 0.5) is 4.79 Å². The highest BCUT2D eigenvalue weighted by Crippen LogP contribution is 2.12. The first kappa shape index (κ1) is 17.3. The summed E-state index contributed by atoms with van der Waals surface area (Å²) >= 11 is 0. The lowest BCUT2D eigenvalue weighted by molar-refractivity contribution is -0.139. The van der Waals surface area contributed by atoms with Gasteiger partial charge in [-0.1, -0.05) is 0 Å². The SMILES string of the molecule is CC(C)(C)OC(=O)N[C@@H](CC(=O)O)CN1CCCCC1=O. The summed E-state index contributed by atoms with van der Waals surface area (Å²) in [5.41, 5.74) is -0.654. The van der Waals surface area contributed by atoms with Gasteiger partial charge in [0.15, 0.2) is 0 Å². The Kier molecular flexibility index (Phi) is 5.99. The second-order valence-electron chi connectivity index (χ2n) is 6.24. The maximum Gasteiger partial charge on any atom is 0.407 e. The van der Waals surface area contributed by atoms with Crippen molar-refractivity contribution in [3.63, 3.8) is 0 Å². The number of nitrogens with zero attached hydrogens (tertiary/aromatic N) is 1. The number of amides is 2. The average Bonchev–Trinajstić information content (AvgIpc) is 2.28. The first-order valence-electron chi connectivity index (χ1n) is 7.16. The van der Waals surface area contributed by atoms with E-state index >= 15 is 0 Å². The van der Waals surface area contributed by atoms with Crippen LogP contribution in [0.25, 0.3) is 0 Å². The van der Waals surface area contributed by atoms with Gasteiger partial charge in [-0.25, -0.2) is 4.79 Å². The number of ether oxygens (including phenoxy) is 1. The number of alkyl carbamates (subject to hydrolysis) is 1. The quantitative estimate of drug-likeness (QED) is 0.799. The predicted molar refractivity (Wildman–Crippen MR) is 75.8 cm³/mol. The van der Waals surface area contributed by atoms with E-state index in [2.05, 4.69) is 5.32 Å². The van der Waals surface area contributed by atoms with Crippen molar-refractivity contribution in [1.29, 1.82) is 0 Å². The molecular formula is C14H24N2O5. The molecule has 0 aliphatic carbocycles. The second-order valence-corrected chi connectivity index (χ2v) is 6.24. The lowest BCUT2D eigenvalue weighted by Crippen LogP contribution is -2.49. The fraction of sp³-hybridized carbons (Fsp3) is 0.786. The minimum atomic E-state index is -1.03. The van der Waals surface area contributed by atoms with E-state index in [0.29, 0.717) is 13.0 Å². The normalized spacial score (nSPS) is 17.3. The van der Waals surface area contributed by atoms with Gasteiger partial charge in [-0.05, 0) is 33.6 Å². The lowest BCUT2D eigenvalue weighted by Gasteiger charge is -2.31. The molecule has 1 heterocycles. The number of carbonyl (C=O) groups excluding carboxylic acids is 2. The van der Waals surface area contributed by atoms with Crippen molar-refractivity contribution < 1.29 is 24.2 Å². The van der Waals surface area contributed by atoms with Crippen LogP contribution in [0.1, 0.15) is 46.5 Å². The minimum absolute atomic E-state index is 0.00243. The minimum Gasteiger partial charge on any atom is -0.481 e. The first-order chi connectivity index (χ1) is 9.67. The van der Waals surface area contributed by atoms with Gasteiger partial charge in [0.1, 0.15) is 5.60 Å². The Balaban J connectivity index is 2.60. The highest BCUT2D eigenvalue weighted by atomic mass is 16.6. The summed E-state index contributed by atoms with van der Waals surface area (Å²) in [6, 6.07) is -0.653. The van der Waals surface area contributed by atoms with Crippen LogP contribution in [0.15, 0.2) is 0 Å². The molecule has 2 amide bonds. The molecule has 1 atom stereocenters. The van der Waals surface area contributed by atoms with E-state index in [-0.39, 0.29) is 18.9 Å². The summed E-state index contributed by atoms with van der Waals surface area (Å²) in [6.45, 7) is 5.99. The molecule has 0 radical (unpaired) electrons. The van der Waals surface area contributed by atoms with Crippen LogP contribution in [0, 0.1) is 0 Å². The zero-order valence-electron chi connectivity index (χ0n) is 12.8. The standard InChI is InChI=1S/C14H24N2O5/c1-14(2,3)21-13(20)15-10(8-12(18)19)9-16-7-5-4-6-11(16)17/h10H,4-9H2,1-3H3,(H,15,20)(H,18,19)/t10-/m0/s1. The lowest BCUT2D eigenvalue weighted by atomic mass is 10.1. The molecule has 1 fully saturated rings. The van der Waals surface area contributed by atoms with E-state index in [1.165, 1.54) is 0 Å². The van der Waals surface area contributed by atoms with E-state index in [9.17, 15) is 14.4 Å². The highest BCUT2D eigenvalue weighted by molar-refractivity contribution is 5.77. The average molecular weight is 300 g/mol. The zero-order valence-corrected chi connectivity index (χ0v) is 12.8. The van der Waals surface area contributed by atoms with Crippen molar-refractivity contribution >= 4 is 18.0 Å². The fourth-order valence-electron chi connectivity index (χ4n) is 2.17. The molecule has 0 spiro atoms. The molecule has 0 aromatic heterocycles. The largest absolute Gasteiger partial charge is 0.481 e. The van der Waals surface area contributed by atoms with Gasteiger partial charge in [0, 0.05) is 19.5 Å². The zero-order chi connectivity index (χ0) is 16.0. The maximum absolute atomic E-state index is 11.8. The van der Waals surface area contributed by atoms with E-state index in [4.69, 9.17) is 9.84 Å². The molecule has 0 unspecified atom stereocenters. The first-order valence-corrected chi connectivity index (χ1v) is 7.16. The molecule has 0 saturated carbocycles. The number of likely N-dealkylation sites (tertiary alicyclic amines) is 1. The summed E-state index contributed by atoms with van der Waals surface area (Å²) in [5, 5.41) is 11.5. The molecular weight excluding hydrogens is 276 g/mol. The van der Waals surface area contributed by atoms with Crippen LogP contribution < -0.4 is 5.32 Å². The van der Waals surface area contributed by atoms with Gasteiger partial charge in [0.2, 0.25) is 5.91 Å². The van der Waals surface area contributed by atoms with E-state index in [0.717, 1.165) is 12.8 Å². The topological polar surface area (TPSA) is 95.9 Å². The Morgan fingerprint density at radius 3 is 2.57 bits per heavy atom. The van der Waals surface area contributed by atoms with Crippen LogP contribution in [0.2, 0.25) is 0 Å². The summed E-state index contributed by atoms with van der Waals surface area (Å²) in [4.78, 5) is 36.0. The van der Waals surface area contributed by atoms with Crippen molar-refractivity contribution in [3.05, 3.63) is 0 Å². The van der Waals surface area contributed by atoms with Gasteiger partial charge in [-0.3, -0.25) is 9.59 Å². The number of piperidine rings is 1. The van der Waals surface area contributed by atoms with Crippen molar-refractivity contribution in [2.45, 2.75) is 58.1 Å². The molecule has 7 nitrogen and oxygen atoms in total. The third-order valence-corrected chi connectivity index (χ3v) is 3.00. The molecule has 120 valence electrons. The second kappa shape index (κ2) is 7.28. The van der Waals surface area contributed by atoms with Gasteiger partial charge in [-0.2, -0.15) is 0 Å². The Morgan fingerprint density at radius 2 is 2.05 bits per heavy atom. The molecule has 1 aliphatic heterocycles. The number of hydrogen-bond donors (Lipinski definition) is 2. The van der Waals surface area contributed by atoms with Gasteiger partial charge >= 0.3 is 12.1 Å². The number of rotatable bonds is 5. The van der Waals surface area contributed by atoms with Gasteiger partial charge in [-0.15, -0.1) is 0 Å². The highest BCUT2D eigenvalue weighted by Gasteiger charge is 2.26. The van der Waals surface area contributed by atoms with Crippen LogP contribution in [0.3, 0.4) is 0 Å².